The summed E-state index contributed by atoms with van der Waals surface area (Å²) in [5.74, 6) is 0. The Morgan fingerprint density at radius 1 is 1.27 bits per heavy atom. The maximum atomic E-state index is 3.83. The van der Waals surface area contributed by atoms with Crippen LogP contribution in [0.3, 0.4) is 0 Å². The average molecular weight is 153 g/mol. The largest absolute Gasteiger partial charge is 0.0911 e. The van der Waals surface area contributed by atoms with Gasteiger partial charge < -0.3 is 0 Å². The van der Waals surface area contributed by atoms with Crippen LogP contribution in [0, 0.1) is 12.3 Å². The zero-order valence-electron chi connectivity index (χ0n) is 8.19. The Morgan fingerprint density at radius 3 is 2.36 bits per heavy atom. The summed E-state index contributed by atoms with van der Waals surface area (Å²) in [6.07, 6.45) is 9.36. The molecule has 0 spiro atoms. The molecule has 0 N–H and O–H groups in total. The summed E-state index contributed by atoms with van der Waals surface area (Å²) in [4.78, 5) is 0. The Balaban J connectivity index is 3.55. The van der Waals surface area contributed by atoms with Crippen molar-refractivity contribution in [1.82, 2.24) is 0 Å². The van der Waals surface area contributed by atoms with Crippen LogP contribution in [0.2, 0.25) is 0 Å². The van der Waals surface area contributed by atoms with Crippen molar-refractivity contribution in [3.63, 3.8) is 0 Å². The van der Waals surface area contributed by atoms with Crippen molar-refractivity contribution in [2.24, 2.45) is 5.41 Å². The molecule has 1 radical (unpaired) electrons. The molecule has 0 fully saturated rings. The number of hydrogen-bond donors (Lipinski definition) is 0. The molecule has 11 heavy (non-hydrogen) atoms. The molecule has 0 bridgehead atoms. The van der Waals surface area contributed by atoms with Gasteiger partial charge in [-0.05, 0) is 18.8 Å². The second-order valence-corrected chi connectivity index (χ2v) is 3.80. The van der Waals surface area contributed by atoms with E-state index in [-0.39, 0.29) is 0 Å². The predicted octanol–water partition coefficient (Wildman–Crippen LogP) is 3.98. The molecule has 0 aliphatic heterocycles. The Hall–Kier alpha value is -0.260. The van der Waals surface area contributed by atoms with E-state index in [9.17, 15) is 0 Å². The number of hydrogen-bond acceptors (Lipinski definition) is 0. The minimum absolute atomic E-state index is 0.393. The summed E-state index contributed by atoms with van der Waals surface area (Å²) in [5.41, 5.74) is 0.393. The lowest BCUT2D eigenvalue weighted by molar-refractivity contribution is 0.414. The van der Waals surface area contributed by atoms with Crippen LogP contribution in [-0.2, 0) is 0 Å². The van der Waals surface area contributed by atoms with Crippen LogP contribution in [0.4, 0.5) is 0 Å². The molecule has 0 heterocycles. The molecule has 0 aliphatic rings. The SMILES string of the molecule is [CH2]CCCCC(C)(C)/C=C/C. The van der Waals surface area contributed by atoms with Crippen molar-refractivity contribution in [3.8, 4) is 0 Å². The summed E-state index contributed by atoms with van der Waals surface area (Å²) in [7, 11) is 0. The molecule has 65 valence electrons. The van der Waals surface area contributed by atoms with Crippen LogP contribution < -0.4 is 0 Å². The Bertz CT molecular complexity index is 109. The minimum Gasteiger partial charge on any atom is -0.0911 e. The van der Waals surface area contributed by atoms with Gasteiger partial charge in [0.15, 0.2) is 0 Å². The van der Waals surface area contributed by atoms with Crippen molar-refractivity contribution in [3.05, 3.63) is 19.1 Å². The molecule has 0 aliphatic carbocycles. The van der Waals surface area contributed by atoms with Gasteiger partial charge >= 0.3 is 0 Å². The topological polar surface area (TPSA) is 0 Å². The molecular formula is C11H21. The maximum Gasteiger partial charge on any atom is -0.0175 e. The fourth-order valence-corrected chi connectivity index (χ4v) is 1.29. The smallest absolute Gasteiger partial charge is 0.0175 e. The number of allylic oxidation sites excluding steroid dienone is 2. The molecule has 0 nitrogen and oxygen atoms in total. The van der Waals surface area contributed by atoms with E-state index < -0.39 is 0 Å². The minimum atomic E-state index is 0.393. The second kappa shape index (κ2) is 5.40. The van der Waals surface area contributed by atoms with Gasteiger partial charge in [-0.25, -0.2) is 0 Å². The van der Waals surface area contributed by atoms with Crippen molar-refractivity contribution in [2.45, 2.75) is 46.5 Å². The van der Waals surface area contributed by atoms with E-state index in [1.54, 1.807) is 0 Å². The lowest BCUT2D eigenvalue weighted by Crippen LogP contribution is -2.06. The third-order valence-corrected chi connectivity index (χ3v) is 1.94. The molecule has 0 aromatic heterocycles. The van der Waals surface area contributed by atoms with Crippen LogP contribution >= 0.6 is 0 Å². The molecule has 0 aromatic carbocycles. The molecule has 0 saturated carbocycles. The van der Waals surface area contributed by atoms with E-state index in [2.05, 4.69) is 39.8 Å². The first-order chi connectivity index (χ1) is 5.12. The summed E-state index contributed by atoms with van der Waals surface area (Å²) >= 11 is 0. The maximum absolute atomic E-state index is 3.83. The first-order valence-corrected chi connectivity index (χ1v) is 4.55. The van der Waals surface area contributed by atoms with Gasteiger partial charge in [0, 0.05) is 0 Å². The second-order valence-electron chi connectivity index (χ2n) is 3.80. The summed E-state index contributed by atoms with van der Waals surface area (Å²) < 4.78 is 0. The van der Waals surface area contributed by atoms with Crippen molar-refractivity contribution in [1.29, 1.82) is 0 Å². The highest BCUT2D eigenvalue weighted by Gasteiger charge is 2.11. The van der Waals surface area contributed by atoms with Gasteiger partial charge in [-0.15, -0.1) is 0 Å². The van der Waals surface area contributed by atoms with Gasteiger partial charge in [0.1, 0.15) is 0 Å². The number of rotatable bonds is 5. The Labute approximate surface area is 71.7 Å². The lowest BCUT2D eigenvalue weighted by Gasteiger charge is -2.19. The van der Waals surface area contributed by atoms with E-state index >= 15 is 0 Å². The molecule has 0 saturated heterocycles. The Kier molecular flexibility index (Phi) is 5.27. The lowest BCUT2D eigenvalue weighted by atomic mass is 9.87. The van der Waals surface area contributed by atoms with E-state index in [0.29, 0.717) is 5.41 Å². The van der Waals surface area contributed by atoms with Gasteiger partial charge in [0.05, 0.1) is 0 Å². The van der Waals surface area contributed by atoms with Crippen LogP contribution in [0.25, 0.3) is 0 Å². The quantitative estimate of drug-likeness (QED) is 0.414. The zero-order valence-corrected chi connectivity index (χ0v) is 8.19. The van der Waals surface area contributed by atoms with Crippen molar-refractivity contribution < 1.29 is 0 Å². The van der Waals surface area contributed by atoms with Gasteiger partial charge in [0.2, 0.25) is 0 Å². The molecule has 0 aromatic rings. The van der Waals surface area contributed by atoms with Crippen LogP contribution in [-0.4, -0.2) is 0 Å². The highest BCUT2D eigenvalue weighted by atomic mass is 14.2. The first kappa shape index (κ1) is 10.7. The van der Waals surface area contributed by atoms with Gasteiger partial charge in [-0.1, -0.05) is 52.2 Å². The van der Waals surface area contributed by atoms with Crippen LogP contribution in [0.15, 0.2) is 12.2 Å². The highest BCUT2D eigenvalue weighted by Crippen LogP contribution is 2.24. The van der Waals surface area contributed by atoms with E-state index in [0.717, 1.165) is 6.42 Å². The normalized spacial score (nSPS) is 12.7. The van der Waals surface area contributed by atoms with Gasteiger partial charge in [0.25, 0.3) is 0 Å². The Morgan fingerprint density at radius 2 is 1.91 bits per heavy atom. The van der Waals surface area contributed by atoms with Gasteiger partial charge in [-0.3, -0.25) is 0 Å². The molecule has 0 unspecified atom stereocenters. The monoisotopic (exact) mass is 153 g/mol. The fraction of sp³-hybridized carbons (Fsp3) is 0.727. The molecule has 0 amide bonds. The van der Waals surface area contributed by atoms with Crippen LogP contribution in [0.1, 0.15) is 46.5 Å². The summed E-state index contributed by atoms with van der Waals surface area (Å²) in [6, 6.07) is 0. The van der Waals surface area contributed by atoms with Crippen molar-refractivity contribution in [2.75, 3.05) is 0 Å². The average Bonchev–Trinajstić information content (AvgIpc) is 1.87. The predicted molar refractivity (Wildman–Crippen MR) is 52.4 cm³/mol. The van der Waals surface area contributed by atoms with Crippen LogP contribution in [0.5, 0.6) is 0 Å². The fourth-order valence-electron chi connectivity index (χ4n) is 1.29. The number of unbranched alkanes of at least 4 members (excludes halogenated alkanes) is 2. The van der Waals surface area contributed by atoms with E-state index in [4.69, 9.17) is 0 Å². The molecule has 0 heteroatoms. The van der Waals surface area contributed by atoms with Crippen molar-refractivity contribution >= 4 is 0 Å². The third kappa shape index (κ3) is 6.15. The van der Waals surface area contributed by atoms with E-state index in [1.165, 1.54) is 19.3 Å². The standard InChI is InChI=1S/C11H21/c1-5-7-8-10-11(3,4)9-6-2/h6,9H,1,5,7-8,10H2,2-4H3/b9-6+. The highest BCUT2D eigenvalue weighted by molar-refractivity contribution is 4.92. The van der Waals surface area contributed by atoms with Gasteiger partial charge in [-0.2, -0.15) is 0 Å². The molecular weight excluding hydrogens is 132 g/mol. The van der Waals surface area contributed by atoms with E-state index in [1.807, 2.05) is 0 Å². The summed E-state index contributed by atoms with van der Waals surface area (Å²) in [6.45, 7) is 10.5. The molecule has 0 rings (SSSR count). The zero-order chi connectivity index (χ0) is 8.74. The molecule has 0 atom stereocenters. The first-order valence-electron chi connectivity index (χ1n) is 4.55. The third-order valence-electron chi connectivity index (χ3n) is 1.94. The summed E-state index contributed by atoms with van der Waals surface area (Å²) in [5, 5.41) is 0.